The summed E-state index contributed by atoms with van der Waals surface area (Å²) in [6, 6.07) is 12.4. The van der Waals surface area contributed by atoms with Crippen LogP contribution < -0.4 is 4.74 Å². The van der Waals surface area contributed by atoms with Crippen LogP contribution in [0.4, 0.5) is 0 Å². The van der Waals surface area contributed by atoms with E-state index in [-0.39, 0.29) is 0 Å². The molecule has 3 rings (SSSR count). The maximum absolute atomic E-state index is 5.48. The number of nitrogens with one attached hydrogen (secondary N) is 2. The fraction of sp³-hybridized carbons (Fsp3) is 0.350. The molecule has 3 aromatic rings. The quantitative estimate of drug-likeness (QED) is 0.436. The number of para-hydroxylation sites is 1. The first kappa shape index (κ1) is 16.4. The van der Waals surface area contributed by atoms with Crippen molar-refractivity contribution in [3.63, 3.8) is 0 Å². The fourth-order valence-electron chi connectivity index (χ4n) is 2.87. The van der Waals surface area contributed by atoms with Crippen LogP contribution in [0.2, 0.25) is 0 Å². The Morgan fingerprint density at radius 3 is 2.67 bits per heavy atom. The lowest BCUT2D eigenvalue weighted by Crippen LogP contribution is -1.90. The fourth-order valence-corrected chi connectivity index (χ4v) is 2.87. The highest BCUT2D eigenvalue weighted by atomic mass is 16.5. The van der Waals surface area contributed by atoms with Crippen LogP contribution in [0.15, 0.2) is 41.4 Å². The van der Waals surface area contributed by atoms with E-state index in [1.165, 1.54) is 24.6 Å². The van der Waals surface area contributed by atoms with Crippen LogP contribution in [0.5, 0.6) is 5.75 Å². The number of unbranched alkanes of at least 4 members (excludes halogenated alkanes) is 3. The Bertz CT molecular complexity index is 780. The van der Waals surface area contributed by atoms with E-state index in [4.69, 9.17) is 4.74 Å². The summed E-state index contributed by atoms with van der Waals surface area (Å²) >= 11 is 0. The number of methoxy groups -OCH3 is 1. The van der Waals surface area contributed by atoms with Gasteiger partial charge in [0.05, 0.1) is 24.2 Å². The molecule has 0 bridgehead atoms. The predicted octanol–water partition coefficient (Wildman–Crippen LogP) is 5.17. The van der Waals surface area contributed by atoms with Gasteiger partial charge in [-0.15, -0.1) is 0 Å². The molecular weight excluding hydrogens is 298 g/mol. The molecule has 2 N–H and O–H groups in total. The molecule has 4 heteroatoms. The molecule has 24 heavy (non-hydrogen) atoms. The van der Waals surface area contributed by atoms with Gasteiger partial charge in [0.2, 0.25) is 0 Å². The monoisotopic (exact) mass is 323 g/mol. The first-order chi connectivity index (χ1) is 11.8. The average Bonchev–Trinajstić information content (AvgIpc) is 3.21. The van der Waals surface area contributed by atoms with Gasteiger partial charge in [0.1, 0.15) is 5.75 Å². The van der Waals surface area contributed by atoms with Gasteiger partial charge in [0, 0.05) is 29.7 Å². The number of hydrogen-bond acceptors (Lipinski definition) is 2. The van der Waals surface area contributed by atoms with E-state index < -0.39 is 0 Å². The number of ether oxygens (including phenoxy) is 1. The number of aromatic nitrogens is 2. The Hall–Kier alpha value is -2.49. The van der Waals surface area contributed by atoms with Crippen LogP contribution in [-0.4, -0.2) is 29.8 Å². The second kappa shape index (κ2) is 7.86. The molecule has 2 aromatic heterocycles. The first-order valence-corrected chi connectivity index (χ1v) is 8.66. The Morgan fingerprint density at radius 1 is 1.04 bits per heavy atom. The lowest BCUT2D eigenvalue weighted by molar-refractivity contribution is 0.415. The van der Waals surface area contributed by atoms with Crippen LogP contribution >= 0.6 is 0 Å². The number of rotatable bonds is 8. The summed E-state index contributed by atoms with van der Waals surface area (Å²) in [5.41, 5.74) is 4.11. The standard InChI is InChI=1S/C20H25N3O/c1-3-4-5-8-11-21-14-19-20(24-2)13-18(23-19)17-12-15-9-6-7-10-16(15)22-17/h6-7,9-10,12-14,22-23H,3-5,8,11H2,1-2H3. The Labute approximate surface area is 143 Å². The molecule has 0 aliphatic rings. The second-order valence-electron chi connectivity index (χ2n) is 6.03. The number of benzene rings is 1. The van der Waals surface area contributed by atoms with Gasteiger partial charge >= 0.3 is 0 Å². The zero-order chi connectivity index (χ0) is 16.8. The maximum Gasteiger partial charge on any atom is 0.146 e. The lowest BCUT2D eigenvalue weighted by atomic mass is 10.2. The van der Waals surface area contributed by atoms with Gasteiger partial charge < -0.3 is 14.7 Å². The van der Waals surface area contributed by atoms with Gasteiger partial charge in [-0.1, -0.05) is 44.4 Å². The summed E-state index contributed by atoms with van der Waals surface area (Å²) in [5.74, 6) is 0.820. The highest BCUT2D eigenvalue weighted by Crippen LogP contribution is 2.28. The minimum Gasteiger partial charge on any atom is -0.494 e. The van der Waals surface area contributed by atoms with Crippen molar-refractivity contribution in [1.82, 2.24) is 9.97 Å². The molecule has 4 nitrogen and oxygen atoms in total. The number of fused-ring (bicyclic) bond motifs is 1. The number of aliphatic imine (C=N–C) groups is 1. The minimum absolute atomic E-state index is 0.820. The molecule has 0 saturated heterocycles. The van der Waals surface area contributed by atoms with Gasteiger partial charge in [-0.05, 0) is 18.6 Å². The Kier molecular flexibility index (Phi) is 5.36. The smallest absolute Gasteiger partial charge is 0.146 e. The predicted molar refractivity (Wildman–Crippen MR) is 101 cm³/mol. The molecule has 0 unspecified atom stereocenters. The summed E-state index contributed by atoms with van der Waals surface area (Å²) in [4.78, 5) is 11.4. The zero-order valence-electron chi connectivity index (χ0n) is 14.4. The average molecular weight is 323 g/mol. The summed E-state index contributed by atoms with van der Waals surface area (Å²) in [7, 11) is 1.69. The maximum atomic E-state index is 5.48. The van der Waals surface area contributed by atoms with Gasteiger partial charge in [0.15, 0.2) is 0 Å². The molecule has 0 radical (unpaired) electrons. The largest absolute Gasteiger partial charge is 0.494 e. The van der Waals surface area contributed by atoms with Crippen LogP contribution in [0.25, 0.3) is 22.3 Å². The molecule has 126 valence electrons. The summed E-state index contributed by atoms with van der Waals surface area (Å²) in [6.45, 7) is 3.09. The van der Waals surface area contributed by atoms with Crippen LogP contribution in [0, 0.1) is 0 Å². The van der Waals surface area contributed by atoms with Crippen LogP contribution in [-0.2, 0) is 0 Å². The van der Waals surface area contributed by atoms with E-state index in [0.29, 0.717) is 0 Å². The Morgan fingerprint density at radius 2 is 1.88 bits per heavy atom. The first-order valence-electron chi connectivity index (χ1n) is 8.66. The third-order valence-corrected chi connectivity index (χ3v) is 4.21. The summed E-state index contributed by atoms with van der Waals surface area (Å²) < 4.78 is 5.48. The van der Waals surface area contributed by atoms with Gasteiger partial charge in [-0.2, -0.15) is 0 Å². The van der Waals surface area contributed by atoms with Crippen molar-refractivity contribution in [3.05, 3.63) is 42.1 Å². The van der Waals surface area contributed by atoms with Crippen molar-refractivity contribution in [1.29, 1.82) is 0 Å². The minimum atomic E-state index is 0.820. The summed E-state index contributed by atoms with van der Waals surface area (Å²) in [5, 5.41) is 1.20. The van der Waals surface area contributed by atoms with E-state index >= 15 is 0 Å². The summed E-state index contributed by atoms with van der Waals surface area (Å²) in [6.07, 6.45) is 6.81. The third kappa shape index (κ3) is 3.70. The molecule has 0 spiro atoms. The van der Waals surface area contributed by atoms with E-state index in [2.05, 4.69) is 40.1 Å². The van der Waals surface area contributed by atoms with E-state index in [1.807, 2.05) is 24.4 Å². The second-order valence-corrected chi connectivity index (χ2v) is 6.03. The lowest BCUT2D eigenvalue weighted by Gasteiger charge is -1.97. The molecular formula is C20H25N3O. The molecule has 2 heterocycles. The van der Waals surface area contributed by atoms with Crippen molar-refractivity contribution in [2.24, 2.45) is 4.99 Å². The molecule has 0 aliphatic heterocycles. The van der Waals surface area contributed by atoms with Gasteiger partial charge in [0.25, 0.3) is 0 Å². The molecule has 1 aromatic carbocycles. The van der Waals surface area contributed by atoms with E-state index in [1.54, 1.807) is 7.11 Å². The van der Waals surface area contributed by atoms with Crippen molar-refractivity contribution < 1.29 is 4.74 Å². The van der Waals surface area contributed by atoms with Crippen molar-refractivity contribution in [2.45, 2.75) is 32.6 Å². The highest BCUT2D eigenvalue weighted by Gasteiger charge is 2.10. The van der Waals surface area contributed by atoms with Gasteiger partial charge in [-0.25, -0.2) is 0 Å². The van der Waals surface area contributed by atoms with E-state index in [0.717, 1.165) is 41.3 Å². The van der Waals surface area contributed by atoms with Crippen LogP contribution in [0.3, 0.4) is 0 Å². The number of aromatic amines is 2. The number of H-pyrrole nitrogens is 2. The zero-order valence-corrected chi connectivity index (χ0v) is 14.4. The highest BCUT2D eigenvalue weighted by molar-refractivity contribution is 5.88. The van der Waals surface area contributed by atoms with Gasteiger partial charge in [-0.3, -0.25) is 4.99 Å². The van der Waals surface area contributed by atoms with Crippen molar-refractivity contribution in [3.8, 4) is 17.1 Å². The SMILES string of the molecule is CCCCCCN=Cc1[nH]c(-c2cc3ccccc3[nH]2)cc1OC. The number of hydrogen-bond donors (Lipinski definition) is 2. The third-order valence-electron chi connectivity index (χ3n) is 4.21. The topological polar surface area (TPSA) is 53.2 Å². The number of nitrogens with zero attached hydrogens (tertiary/aromatic N) is 1. The molecule has 0 amide bonds. The molecule has 0 fully saturated rings. The van der Waals surface area contributed by atoms with Crippen molar-refractivity contribution >= 4 is 17.1 Å². The normalized spacial score (nSPS) is 11.6. The van der Waals surface area contributed by atoms with Crippen LogP contribution in [0.1, 0.15) is 38.3 Å². The molecule has 0 aliphatic carbocycles. The Balaban J connectivity index is 1.75. The molecule has 0 saturated carbocycles. The van der Waals surface area contributed by atoms with E-state index in [9.17, 15) is 0 Å². The molecule has 0 atom stereocenters. The van der Waals surface area contributed by atoms with Crippen molar-refractivity contribution in [2.75, 3.05) is 13.7 Å².